The van der Waals surface area contributed by atoms with Gasteiger partial charge in [-0.25, -0.2) is 4.79 Å². The zero-order chi connectivity index (χ0) is 23.3. The number of unbranched alkanes of at least 4 members (excludes halogenated alkanes) is 1. The van der Waals surface area contributed by atoms with Gasteiger partial charge in [0, 0.05) is 53.9 Å². The lowest BCUT2D eigenvalue weighted by molar-refractivity contribution is 0.249. The number of benzene rings is 2. The maximum atomic E-state index is 12.1. The van der Waals surface area contributed by atoms with E-state index in [0.717, 1.165) is 81.8 Å². The van der Waals surface area contributed by atoms with Gasteiger partial charge in [-0.15, -0.1) is 11.3 Å². The lowest BCUT2D eigenvalue weighted by atomic mass is 10.1. The van der Waals surface area contributed by atoms with E-state index in [1.165, 1.54) is 22.4 Å². The van der Waals surface area contributed by atoms with Gasteiger partial charge < -0.3 is 15.4 Å². The number of carbonyl (C=O) groups is 1. The second-order valence-corrected chi connectivity index (χ2v) is 10.2. The molecule has 2 aliphatic heterocycles. The van der Waals surface area contributed by atoms with Gasteiger partial charge >= 0.3 is 6.03 Å². The van der Waals surface area contributed by atoms with Crippen molar-refractivity contribution in [3.05, 3.63) is 53.4 Å². The van der Waals surface area contributed by atoms with Crippen LogP contribution in [0, 0.1) is 0 Å². The minimum absolute atomic E-state index is 0.372. The molecule has 1 aromatic heterocycles. The Kier molecular flexibility index (Phi) is 7.21. The number of thiophene rings is 1. The zero-order valence-electron chi connectivity index (χ0n) is 19.7. The van der Waals surface area contributed by atoms with Crippen LogP contribution in [0.2, 0.25) is 0 Å². The molecule has 0 atom stereocenters. The Hall–Kier alpha value is -2.77. The molecule has 0 saturated carbocycles. The van der Waals surface area contributed by atoms with Crippen LogP contribution in [0.3, 0.4) is 0 Å². The summed E-state index contributed by atoms with van der Waals surface area (Å²) >= 11 is 1.66. The van der Waals surface area contributed by atoms with Gasteiger partial charge in [-0.05, 0) is 68.5 Å². The number of nitrogens with zero attached hydrogens (tertiary/aromatic N) is 3. The second kappa shape index (κ2) is 10.7. The van der Waals surface area contributed by atoms with Gasteiger partial charge in [-0.3, -0.25) is 9.80 Å². The molecule has 1 saturated heterocycles. The van der Waals surface area contributed by atoms with Crippen molar-refractivity contribution in [1.29, 1.82) is 0 Å². The summed E-state index contributed by atoms with van der Waals surface area (Å²) in [5.41, 5.74) is 9.35. The summed E-state index contributed by atoms with van der Waals surface area (Å²) in [6.07, 6.45) is 5.47. The van der Waals surface area contributed by atoms with Crippen molar-refractivity contribution in [1.82, 2.24) is 4.90 Å². The number of primary amides is 1. The molecule has 2 amide bonds. The minimum Gasteiger partial charge on any atom is -0.493 e. The van der Waals surface area contributed by atoms with Crippen LogP contribution < -0.4 is 20.3 Å². The molecule has 1 fully saturated rings. The fourth-order valence-electron chi connectivity index (χ4n) is 5.06. The number of anilines is 2. The van der Waals surface area contributed by atoms with Gasteiger partial charge in [-0.2, -0.15) is 0 Å². The molecule has 7 heteroatoms. The van der Waals surface area contributed by atoms with E-state index in [4.69, 9.17) is 10.5 Å². The van der Waals surface area contributed by atoms with Crippen LogP contribution in [0.4, 0.5) is 16.2 Å². The van der Waals surface area contributed by atoms with Crippen molar-refractivity contribution in [2.75, 3.05) is 55.7 Å². The Morgan fingerprint density at radius 3 is 2.76 bits per heavy atom. The van der Waals surface area contributed by atoms with Crippen molar-refractivity contribution in [2.24, 2.45) is 5.73 Å². The summed E-state index contributed by atoms with van der Waals surface area (Å²) in [6, 6.07) is 14.5. The number of amides is 2. The predicted octanol–water partition coefficient (Wildman–Crippen LogP) is 5.10. The van der Waals surface area contributed by atoms with Crippen LogP contribution in [0.5, 0.6) is 5.75 Å². The molecule has 2 aromatic carbocycles. The van der Waals surface area contributed by atoms with Crippen LogP contribution >= 0.6 is 11.3 Å². The van der Waals surface area contributed by atoms with Crippen molar-refractivity contribution in [3.63, 3.8) is 0 Å². The van der Waals surface area contributed by atoms with Crippen LogP contribution in [0.25, 0.3) is 10.1 Å². The number of urea groups is 1. The van der Waals surface area contributed by atoms with Gasteiger partial charge in [0.25, 0.3) is 0 Å². The molecular formula is C27H34N4O2S. The largest absolute Gasteiger partial charge is 0.493 e. The third kappa shape index (κ3) is 5.15. The Morgan fingerprint density at radius 1 is 1.06 bits per heavy atom. The maximum absolute atomic E-state index is 12.1. The summed E-state index contributed by atoms with van der Waals surface area (Å²) in [5.74, 6) is 1.07. The molecule has 180 valence electrons. The lowest BCUT2D eigenvalue weighted by Gasteiger charge is -2.36. The molecule has 2 aliphatic rings. The standard InChI is InChI=1S/C27H34N4O2S/c28-27(32)31(24-20-34-26-9-2-1-8-23(24)26)13-5-4-12-29-14-16-30(17-15-29)22-10-11-25-21(19-22)7-3-6-18-33-25/h1-2,8-11,19-20H,3-7,12-18H2,(H2,28,32). The van der Waals surface area contributed by atoms with E-state index >= 15 is 0 Å². The second-order valence-electron chi connectivity index (χ2n) is 9.24. The van der Waals surface area contributed by atoms with Gasteiger partial charge in [0.15, 0.2) is 0 Å². The quantitative estimate of drug-likeness (QED) is 0.480. The Morgan fingerprint density at radius 2 is 1.91 bits per heavy atom. The number of fused-ring (bicyclic) bond motifs is 2. The van der Waals surface area contributed by atoms with Crippen LogP contribution in [0.1, 0.15) is 31.2 Å². The van der Waals surface area contributed by atoms with E-state index in [9.17, 15) is 4.79 Å². The zero-order valence-corrected chi connectivity index (χ0v) is 20.6. The Labute approximate surface area is 205 Å². The highest BCUT2D eigenvalue weighted by Gasteiger charge is 2.20. The van der Waals surface area contributed by atoms with Gasteiger partial charge in [0.1, 0.15) is 5.75 Å². The monoisotopic (exact) mass is 478 g/mol. The average molecular weight is 479 g/mol. The molecule has 0 aliphatic carbocycles. The smallest absolute Gasteiger partial charge is 0.319 e. The fraction of sp³-hybridized carbons (Fsp3) is 0.444. The van der Waals surface area contributed by atoms with E-state index in [1.54, 1.807) is 16.2 Å². The van der Waals surface area contributed by atoms with Gasteiger partial charge in [-0.1, -0.05) is 18.2 Å². The average Bonchev–Trinajstić information content (AvgIpc) is 3.13. The summed E-state index contributed by atoms with van der Waals surface area (Å²) in [4.78, 5) is 18.9. The number of hydrogen-bond donors (Lipinski definition) is 1. The van der Waals surface area contributed by atoms with Crippen molar-refractivity contribution >= 4 is 38.8 Å². The van der Waals surface area contributed by atoms with Crippen LogP contribution in [-0.2, 0) is 6.42 Å². The maximum Gasteiger partial charge on any atom is 0.319 e. The third-order valence-electron chi connectivity index (χ3n) is 7.00. The minimum atomic E-state index is -0.372. The van der Waals surface area contributed by atoms with E-state index in [1.807, 2.05) is 17.5 Å². The van der Waals surface area contributed by atoms with Gasteiger partial charge in [0.05, 0.1) is 12.3 Å². The fourth-order valence-corrected chi connectivity index (χ4v) is 6.01. The number of piperazine rings is 1. The summed E-state index contributed by atoms with van der Waals surface area (Å²) in [6.45, 7) is 6.80. The number of carbonyl (C=O) groups excluding carboxylic acids is 1. The van der Waals surface area contributed by atoms with Crippen molar-refractivity contribution in [3.8, 4) is 5.75 Å². The molecule has 0 bridgehead atoms. The first-order chi connectivity index (χ1) is 16.7. The highest BCUT2D eigenvalue weighted by Crippen LogP contribution is 2.33. The molecule has 3 aromatic rings. The first kappa shape index (κ1) is 23.0. The van der Waals surface area contributed by atoms with Crippen molar-refractivity contribution < 1.29 is 9.53 Å². The number of hydrogen-bond acceptors (Lipinski definition) is 5. The molecule has 5 rings (SSSR count). The number of aryl methyl sites for hydroxylation is 1. The summed E-state index contributed by atoms with van der Waals surface area (Å²) in [7, 11) is 0. The van der Waals surface area contributed by atoms with E-state index in [0.29, 0.717) is 6.54 Å². The van der Waals surface area contributed by atoms with E-state index in [2.05, 4.69) is 40.1 Å². The molecule has 6 nitrogen and oxygen atoms in total. The number of rotatable bonds is 7. The molecular weight excluding hydrogens is 444 g/mol. The topological polar surface area (TPSA) is 62.0 Å². The first-order valence-corrected chi connectivity index (χ1v) is 13.3. The summed E-state index contributed by atoms with van der Waals surface area (Å²) in [5, 5.41) is 3.15. The first-order valence-electron chi connectivity index (χ1n) is 12.5. The predicted molar refractivity (Wildman–Crippen MR) is 142 cm³/mol. The highest BCUT2D eigenvalue weighted by atomic mass is 32.1. The molecule has 0 unspecified atom stereocenters. The molecule has 3 heterocycles. The Bertz CT molecular complexity index is 1120. The molecule has 0 radical (unpaired) electrons. The third-order valence-corrected chi connectivity index (χ3v) is 7.95. The summed E-state index contributed by atoms with van der Waals surface area (Å²) < 4.78 is 7.06. The SMILES string of the molecule is NC(=O)N(CCCCN1CCN(c2ccc3c(c2)CCCCO3)CC1)c1csc2ccccc12. The Balaban J connectivity index is 1.09. The highest BCUT2D eigenvalue weighted by molar-refractivity contribution is 7.17. The van der Waals surface area contributed by atoms with E-state index in [-0.39, 0.29) is 6.03 Å². The van der Waals surface area contributed by atoms with Crippen molar-refractivity contribution in [2.45, 2.75) is 32.1 Å². The number of ether oxygens (including phenoxy) is 1. The number of nitrogens with two attached hydrogens (primary N) is 1. The van der Waals surface area contributed by atoms with Crippen LogP contribution in [0.15, 0.2) is 47.8 Å². The van der Waals surface area contributed by atoms with E-state index < -0.39 is 0 Å². The lowest BCUT2D eigenvalue weighted by Crippen LogP contribution is -2.46. The van der Waals surface area contributed by atoms with Crippen LogP contribution in [-0.4, -0.2) is 56.8 Å². The normalized spacial score (nSPS) is 16.6. The van der Waals surface area contributed by atoms with Gasteiger partial charge in [0.2, 0.25) is 0 Å². The molecule has 2 N–H and O–H groups in total. The molecule has 0 spiro atoms. The molecule has 34 heavy (non-hydrogen) atoms.